The van der Waals surface area contributed by atoms with E-state index < -0.39 is 0 Å². The average molecular weight is 246 g/mol. The molecule has 4 N–H and O–H groups in total. The Kier molecular flexibility index (Phi) is 3.41. The second-order valence-electron chi connectivity index (χ2n) is 4.09. The number of benzene rings is 1. The molecule has 0 saturated heterocycles. The van der Waals surface area contributed by atoms with Gasteiger partial charge < -0.3 is 16.2 Å². The molecule has 18 heavy (non-hydrogen) atoms. The Morgan fingerprint density at radius 1 is 1.22 bits per heavy atom. The number of rotatable bonds is 4. The molecular weight excluding hydrogens is 228 g/mol. The molecule has 0 amide bonds. The minimum atomic E-state index is 0.543. The van der Waals surface area contributed by atoms with Gasteiger partial charge >= 0.3 is 0 Å². The summed E-state index contributed by atoms with van der Waals surface area (Å²) in [6.07, 6.45) is 0.674. The zero-order chi connectivity index (χ0) is 13.1. The maximum Gasteiger partial charge on any atom is 0.145 e. The number of hydrogen-bond donors (Lipinski definition) is 2. The van der Waals surface area contributed by atoms with Crippen molar-refractivity contribution in [2.24, 2.45) is 0 Å². The van der Waals surface area contributed by atoms with Crippen LogP contribution in [0.5, 0.6) is 5.75 Å². The lowest BCUT2D eigenvalue weighted by Gasteiger charge is -2.02. The van der Waals surface area contributed by atoms with Gasteiger partial charge in [-0.25, -0.2) is 4.68 Å². The van der Waals surface area contributed by atoms with Crippen LogP contribution in [0, 0.1) is 0 Å². The van der Waals surface area contributed by atoms with Crippen molar-refractivity contribution in [1.82, 2.24) is 9.78 Å². The summed E-state index contributed by atoms with van der Waals surface area (Å²) in [6, 6.07) is 7.84. The lowest BCUT2D eigenvalue weighted by molar-refractivity contribution is 0.414. The molecule has 0 fully saturated rings. The third-order valence-electron chi connectivity index (χ3n) is 2.94. The Labute approximate surface area is 106 Å². The van der Waals surface area contributed by atoms with Gasteiger partial charge in [0.15, 0.2) is 0 Å². The second kappa shape index (κ2) is 5.00. The minimum Gasteiger partial charge on any atom is -0.497 e. The summed E-state index contributed by atoms with van der Waals surface area (Å²) in [6.45, 7) is 2.71. The summed E-state index contributed by atoms with van der Waals surface area (Å²) in [4.78, 5) is 0. The van der Waals surface area contributed by atoms with E-state index in [-0.39, 0.29) is 0 Å². The fourth-order valence-corrected chi connectivity index (χ4v) is 1.85. The van der Waals surface area contributed by atoms with Crippen LogP contribution in [0.15, 0.2) is 24.3 Å². The number of anilines is 2. The molecule has 1 aromatic heterocycles. The normalized spacial score (nSPS) is 10.6. The molecule has 0 aliphatic carbocycles. The molecule has 0 unspecified atom stereocenters. The second-order valence-corrected chi connectivity index (χ2v) is 4.09. The van der Waals surface area contributed by atoms with E-state index in [4.69, 9.17) is 16.2 Å². The van der Waals surface area contributed by atoms with E-state index in [1.54, 1.807) is 11.8 Å². The van der Waals surface area contributed by atoms with Crippen molar-refractivity contribution in [2.75, 3.05) is 18.6 Å². The van der Waals surface area contributed by atoms with Crippen molar-refractivity contribution in [3.05, 3.63) is 35.5 Å². The van der Waals surface area contributed by atoms with Crippen LogP contribution in [0.2, 0.25) is 0 Å². The lowest BCUT2D eigenvalue weighted by atomic mass is 10.1. The molecule has 1 heterocycles. The van der Waals surface area contributed by atoms with Gasteiger partial charge in [-0.15, -0.1) is 0 Å². The van der Waals surface area contributed by atoms with Crippen molar-refractivity contribution in [1.29, 1.82) is 0 Å². The predicted molar refractivity (Wildman–Crippen MR) is 72.5 cm³/mol. The number of aryl methyl sites for hydroxylation is 1. The highest BCUT2D eigenvalue weighted by atomic mass is 16.5. The summed E-state index contributed by atoms with van der Waals surface area (Å²) >= 11 is 0. The molecule has 0 aliphatic rings. The molecule has 0 atom stereocenters. The molecule has 5 heteroatoms. The Hall–Kier alpha value is -2.17. The summed E-state index contributed by atoms with van der Waals surface area (Å²) in [5, 5.41) is 4.40. The fraction of sp³-hybridized carbons (Fsp3) is 0.308. The molecule has 96 valence electrons. The van der Waals surface area contributed by atoms with Crippen molar-refractivity contribution in [3.63, 3.8) is 0 Å². The van der Waals surface area contributed by atoms with E-state index in [0.29, 0.717) is 17.9 Å². The van der Waals surface area contributed by atoms with E-state index in [0.717, 1.165) is 23.6 Å². The number of nitrogens with two attached hydrogens (primary N) is 2. The molecular formula is C13H18N4O. The maximum atomic E-state index is 5.95. The van der Waals surface area contributed by atoms with Crippen LogP contribution < -0.4 is 16.2 Å². The number of nitrogens with zero attached hydrogens (tertiary/aromatic N) is 2. The highest BCUT2D eigenvalue weighted by molar-refractivity contribution is 5.63. The van der Waals surface area contributed by atoms with Crippen LogP contribution in [0.3, 0.4) is 0 Å². The molecule has 1 aromatic carbocycles. The molecule has 0 bridgehead atoms. The van der Waals surface area contributed by atoms with E-state index in [1.165, 1.54) is 0 Å². The van der Waals surface area contributed by atoms with Crippen LogP contribution in [0.1, 0.15) is 18.2 Å². The van der Waals surface area contributed by atoms with Gasteiger partial charge in [0, 0.05) is 13.0 Å². The molecule has 0 radical (unpaired) electrons. The first-order chi connectivity index (χ1) is 8.65. The SMILES string of the molecule is CCn1nc(Cc2ccc(OC)cc2)c(N)c1N. The summed E-state index contributed by atoms with van der Waals surface area (Å²) in [5.74, 6) is 1.38. The molecule has 2 aromatic rings. The number of nitrogen functional groups attached to an aromatic ring is 2. The topological polar surface area (TPSA) is 79.1 Å². The van der Waals surface area contributed by atoms with Crippen LogP contribution in [-0.2, 0) is 13.0 Å². The van der Waals surface area contributed by atoms with Crippen molar-refractivity contribution in [2.45, 2.75) is 19.9 Å². The van der Waals surface area contributed by atoms with Crippen LogP contribution >= 0.6 is 0 Å². The quantitative estimate of drug-likeness (QED) is 0.860. The van der Waals surface area contributed by atoms with E-state index in [1.807, 2.05) is 31.2 Å². The first kappa shape index (κ1) is 12.3. The van der Waals surface area contributed by atoms with E-state index in [9.17, 15) is 0 Å². The zero-order valence-electron chi connectivity index (χ0n) is 10.7. The smallest absolute Gasteiger partial charge is 0.145 e. The summed E-state index contributed by atoms with van der Waals surface area (Å²) in [7, 11) is 1.65. The third kappa shape index (κ3) is 2.25. The lowest BCUT2D eigenvalue weighted by Crippen LogP contribution is -2.02. The van der Waals surface area contributed by atoms with Crippen molar-refractivity contribution >= 4 is 11.5 Å². The highest BCUT2D eigenvalue weighted by Gasteiger charge is 2.12. The van der Waals surface area contributed by atoms with Crippen LogP contribution in [-0.4, -0.2) is 16.9 Å². The summed E-state index contributed by atoms with van der Waals surface area (Å²) in [5.41, 5.74) is 14.3. The average Bonchev–Trinajstić information content (AvgIpc) is 2.67. The Bertz CT molecular complexity index is 531. The zero-order valence-corrected chi connectivity index (χ0v) is 10.7. The van der Waals surface area contributed by atoms with Gasteiger partial charge in [0.25, 0.3) is 0 Å². The Morgan fingerprint density at radius 3 is 2.39 bits per heavy atom. The standard InChI is InChI=1S/C13H18N4O/c1-3-17-13(15)12(14)11(16-17)8-9-4-6-10(18-2)7-5-9/h4-7H,3,8,14-15H2,1-2H3. The van der Waals surface area contributed by atoms with Gasteiger partial charge in [-0.1, -0.05) is 12.1 Å². The van der Waals surface area contributed by atoms with Gasteiger partial charge in [0.05, 0.1) is 18.5 Å². The Morgan fingerprint density at radius 2 is 1.89 bits per heavy atom. The van der Waals surface area contributed by atoms with E-state index in [2.05, 4.69) is 5.10 Å². The first-order valence-electron chi connectivity index (χ1n) is 5.89. The Balaban J connectivity index is 2.22. The minimum absolute atomic E-state index is 0.543. The number of aromatic nitrogens is 2. The number of ether oxygens (including phenoxy) is 1. The first-order valence-corrected chi connectivity index (χ1v) is 5.89. The fourth-order valence-electron chi connectivity index (χ4n) is 1.85. The highest BCUT2D eigenvalue weighted by Crippen LogP contribution is 2.23. The molecule has 2 rings (SSSR count). The van der Waals surface area contributed by atoms with Gasteiger partial charge in [0.1, 0.15) is 11.6 Å². The van der Waals surface area contributed by atoms with E-state index >= 15 is 0 Å². The van der Waals surface area contributed by atoms with Gasteiger partial charge in [-0.3, -0.25) is 0 Å². The van der Waals surface area contributed by atoms with Gasteiger partial charge in [-0.2, -0.15) is 5.10 Å². The number of methoxy groups -OCH3 is 1. The van der Waals surface area contributed by atoms with Crippen molar-refractivity contribution in [3.8, 4) is 5.75 Å². The predicted octanol–water partition coefficient (Wildman–Crippen LogP) is 1.67. The molecule has 5 nitrogen and oxygen atoms in total. The molecule has 0 saturated carbocycles. The van der Waals surface area contributed by atoms with Gasteiger partial charge in [0.2, 0.25) is 0 Å². The van der Waals surface area contributed by atoms with Crippen LogP contribution in [0.25, 0.3) is 0 Å². The third-order valence-corrected chi connectivity index (χ3v) is 2.94. The number of hydrogen-bond acceptors (Lipinski definition) is 4. The van der Waals surface area contributed by atoms with Gasteiger partial charge in [-0.05, 0) is 24.6 Å². The molecule has 0 spiro atoms. The monoisotopic (exact) mass is 246 g/mol. The maximum absolute atomic E-state index is 5.95. The van der Waals surface area contributed by atoms with Crippen LogP contribution in [0.4, 0.5) is 11.5 Å². The summed E-state index contributed by atoms with van der Waals surface area (Å²) < 4.78 is 6.84. The molecule has 0 aliphatic heterocycles. The largest absolute Gasteiger partial charge is 0.497 e. The van der Waals surface area contributed by atoms with Crippen molar-refractivity contribution < 1.29 is 4.74 Å².